The molecule has 1 aliphatic carbocycles. The van der Waals surface area contributed by atoms with E-state index >= 15 is 0 Å². The Morgan fingerprint density at radius 3 is 2.67 bits per heavy atom. The predicted molar refractivity (Wildman–Crippen MR) is 87.3 cm³/mol. The Hall–Kier alpha value is 0.620. The molecule has 102 valence electrons. The van der Waals surface area contributed by atoms with Gasteiger partial charge in [0.25, 0.3) is 0 Å². The number of rotatable bonds is 4. The zero-order valence-corrected chi connectivity index (χ0v) is 15.2. The minimum absolute atomic E-state index is 0.454. The number of hydrogen-bond acceptors (Lipinski definition) is 2. The molecule has 1 saturated carbocycles. The fraction of sp³-hybridized carbons (Fsp3) is 0.714. The molecule has 18 heavy (non-hydrogen) atoms. The van der Waals surface area contributed by atoms with Crippen molar-refractivity contribution in [2.75, 3.05) is 6.54 Å². The minimum Gasteiger partial charge on any atom is -0.309 e. The Morgan fingerprint density at radius 2 is 2.22 bits per heavy atom. The van der Waals surface area contributed by atoms with Gasteiger partial charge >= 0.3 is 0 Å². The highest BCUT2D eigenvalue weighted by Crippen LogP contribution is 2.50. The van der Waals surface area contributed by atoms with Crippen LogP contribution in [0.1, 0.15) is 51.0 Å². The van der Waals surface area contributed by atoms with Gasteiger partial charge in [-0.1, -0.05) is 27.2 Å². The van der Waals surface area contributed by atoms with Gasteiger partial charge in [-0.3, -0.25) is 0 Å². The Morgan fingerprint density at radius 1 is 1.50 bits per heavy atom. The van der Waals surface area contributed by atoms with Gasteiger partial charge in [0.1, 0.15) is 0 Å². The Balaban J connectivity index is 2.28. The minimum atomic E-state index is 0.454. The third-order valence-corrected chi connectivity index (χ3v) is 7.48. The van der Waals surface area contributed by atoms with Crippen LogP contribution in [0.25, 0.3) is 0 Å². The first-order chi connectivity index (χ1) is 8.45. The molecule has 0 radical (unpaired) electrons. The van der Waals surface area contributed by atoms with Crippen LogP contribution in [0, 0.1) is 11.3 Å². The van der Waals surface area contributed by atoms with Crippen LogP contribution in [0.2, 0.25) is 0 Å². The molecule has 1 N–H and O–H groups in total. The molecule has 2 atom stereocenters. The van der Waals surface area contributed by atoms with Crippen molar-refractivity contribution < 1.29 is 0 Å². The predicted octanol–water partition coefficient (Wildman–Crippen LogP) is 5.75. The molecule has 0 bridgehead atoms. The SMILES string of the molecule is CCNC(c1cc(Br)c(Br)s1)C1CCCC1(C)C. The highest BCUT2D eigenvalue weighted by atomic mass is 79.9. The average Bonchev–Trinajstić information content (AvgIpc) is 2.79. The summed E-state index contributed by atoms with van der Waals surface area (Å²) in [7, 11) is 0. The second-order valence-electron chi connectivity index (χ2n) is 5.79. The molecule has 1 heterocycles. The van der Waals surface area contributed by atoms with E-state index in [1.165, 1.54) is 32.4 Å². The summed E-state index contributed by atoms with van der Waals surface area (Å²) in [6, 6.07) is 2.77. The summed E-state index contributed by atoms with van der Waals surface area (Å²) in [5.41, 5.74) is 0.454. The van der Waals surface area contributed by atoms with E-state index in [1.54, 1.807) is 0 Å². The lowest BCUT2D eigenvalue weighted by Crippen LogP contribution is -2.33. The van der Waals surface area contributed by atoms with Crippen molar-refractivity contribution in [1.82, 2.24) is 5.32 Å². The maximum atomic E-state index is 3.71. The molecule has 1 aliphatic rings. The Bertz CT molecular complexity index is 394. The van der Waals surface area contributed by atoms with Gasteiger partial charge in [0, 0.05) is 15.4 Å². The van der Waals surface area contributed by atoms with Crippen LogP contribution in [0.15, 0.2) is 14.3 Å². The van der Waals surface area contributed by atoms with Crippen molar-refractivity contribution in [3.8, 4) is 0 Å². The molecule has 4 heteroatoms. The molecule has 2 rings (SSSR count). The van der Waals surface area contributed by atoms with Crippen molar-refractivity contribution in [2.24, 2.45) is 11.3 Å². The molecule has 1 aromatic heterocycles. The van der Waals surface area contributed by atoms with Crippen LogP contribution in [0.5, 0.6) is 0 Å². The van der Waals surface area contributed by atoms with Crippen LogP contribution < -0.4 is 5.32 Å². The van der Waals surface area contributed by atoms with Crippen LogP contribution in [-0.2, 0) is 0 Å². The normalized spacial score (nSPS) is 24.4. The van der Waals surface area contributed by atoms with Gasteiger partial charge in [-0.25, -0.2) is 0 Å². The third-order valence-electron chi connectivity index (χ3n) is 4.14. The van der Waals surface area contributed by atoms with Crippen molar-refractivity contribution in [3.05, 3.63) is 19.2 Å². The standard InChI is InChI=1S/C14H21Br2NS/c1-4-17-12(9-6-5-7-14(9,2)3)11-8-10(15)13(16)18-11/h8-9,12,17H,4-7H2,1-3H3. The van der Waals surface area contributed by atoms with E-state index in [1.807, 2.05) is 11.3 Å². The van der Waals surface area contributed by atoms with Gasteiger partial charge < -0.3 is 5.32 Å². The van der Waals surface area contributed by atoms with Crippen LogP contribution in [0.3, 0.4) is 0 Å². The van der Waals surface area contributed by atoms with E-state index in [-0.39, 0.29) is 0 Å². The van der Waals surface area contributed by atoms with E-state index in [4.69, 9.17) is 0 Å². The number of thiophene rings is 1. The molecule has 0 saturated heterocycles. The summed E-state index contributed by atoms with van der Waals surface area (Å²) in [5.74, 6) is 0.745. The second kappa shape index (κ2) is 5.94. The lowest BCUT2D eigenvalue weighted by Gasteiger charge is -2.34. The lowest BCUT2D eigenvalue weighted by molar-refractivity contribution is 0.201. The summed E-state index contributed by atoms with van der Waals surface area (Å²) < 4.78 is 2.39. The highest BCUT2D eigenvalue weighted by molar-refractivity contribution is 9.13. The lowest BCUT2D eigenvalue weighted by atomic mass is 9.77. The molecule has 1 nitrogen and oxygen atoms in total. The molecule has 0 amide bonds. The number of halogens is 2. The molecule has 0 aromatic carbocycles. The van der Waals surface area contributed by atoms with Crippen molar-refractivity contribution in [3.63, 3.8) is 0 Å². The molecule has 1 fully saturated rings. The molecule has 0 aliphatic heterocycles. The highest BCUT2D eigenvalue weighted by Gasteiger charge is 2.40. The maximum Gasteiger partial charge on any atom is 0.0843 e. The number of hydrogen-bond donors (Lipinski definition) is 1. The van der Waals surface area contributed by atoms with Gasteiger partial charge in [0.05, 0.1) is 3.79 Å². The van der Waals surface area contributed by atoms with E-state index in [0.717, 1.165) is 12.5 Å². The van der Waals surface area contributed by atoms with Gasteiger partial charge in [0.15, 0.2) is 0 Å². The van der Waals surface area contributed by atoms with E-state index < -0.39 is 0 Å². The zero-order chi connectivity index (χ0) is 13.3. The first-order valence-corrected chi connectivity index (χ1v) is 9.04. The Labute approximate surface area is 131 Å². The summed E-state index contributed by atoms with van der Waals surface area (Å²) in [6.07, 6.45) is 4.07. The molecular weight excluding hydrogens is 374 g/mol. The molecule has 1 aromatic rings. The van der Waals surface area contributed by atoms with Crippen LogP contribution >= 0.6 is 43.2 Å². The van der Waals surface area contributed by atoms with Crippen molar-refractivity contribution >= 4 is 43.2 Å². The maximum absolute atomic E-state index is 3.71. The summed E-state index contributed by atoms with van der Waals surface area (Å²) in [5, 5.41) is 3.71. The topological polar surface area (TPSA) is 12.0 Å². The van der Waals surface area contributed by atoms with E-state index in [0.29, 0.717) is 11.5 Å². The van der Waals surface area contributed by atoms with Gasteiger partial charge in [-0.15, -0.1) is 11.3 Å². The number of nitrogens with one attached hydrogen (secondary N) is 1. The quantitative estimate of drug-likeness (QED) is 0.685. The van der Waals surface area contributed by atoms with Gasteiger partial charge in [0.2, 0.25) is 0 Å². The van der Waals surface area contributed by atoms with Crippen molar-refractivity contribution in [2.45, 2.75) is 46.1 Å². The fourth-order valence-electron chi connectivity index (χ4n) is 3.15. The second-order valence-corrected chi connectivity index (χ2v) is 9.05. The average molecular weight is 395 g/mol. The third kappa shape index (κ3) is 3.02. The smallest absolute Gasteiger partial charge is 0.0843 e. The van der Waals surface area contributed by atoms with E-state index in [9.17, 15) is 0 Å². The van der Waals surface area contributed by atoms with Crippen LogP contribution in [0.4, 0.5) is 0 Å². The first kappa shape index (κ1) is 15.0. The largest absolute Gasteiger partial charge is 0.309 e. The van der Waals surface area contributed by atoms with Crippen LogP contribution in [-0.4, -0.2) is 6.54 Å². The van der Waals surface area contributed by atoms with Gasteiger partial charge in [-0.2, -0.15) is 0 Å². The summed E-state index contributed by atoms with van der Waals surface area (Å²) in [4.78, 5) is 1.45. The van der Waals surface area contributed by atoms with Crippen molar-refractivity contribution in [1.29, 1.82) is 0 Å². The van der Waals surface area contributed by atoms with E-state index in [2.05, 4.69) is 64.0 Å². The van der Waals surface area contributed by atoms with Gasteiger partial charge in [-0.05, 0) is 68.6 Å². The zero-order valence-electron chi connectivity index (χ0n) is 11.2. The monoisotopic (exact) mass is 393 g/mol. The molecule has 0 spiro atoms. The fourth-order valence-corrected chi connectivity index (χ4v) is 5.38. The molecular formula is C14H21Br2NS. The first-order valence-electron chi connectivity index (χ1n) is 6.64. The Kier molecular flexibility index (Phi) is 4.96. The molecule has 2 unspecified atom stereocenters. The summed E-state index contributed by atoms with van der Waals surface area (Å²) >= 11 is 9.08. The summed E-state index contributed by atoms with van der Waals surface area (Å²) in [6.45, 7) is 8.08.